The van der Waals surface area contributed by atoms with E-state index in [1.165, 1.54) is 0 Å². The second-order valence-electron chi connectivity index (χ2n) is 0. The molecule has 0 aliphatic carbocycles. The van der Waals surface area contributed by atoms with E-state index >= 15 is 0 Å². The average molecular weight is 187 g/mol. The fraction of sp³-hybridized carbons (Fsp3) is 0. The topological polar surface area (TPSA) is 31.5 Å². The van der Waals surface area contributed by atoms with Crippen LogP contribution in [-0.2, 0) is 52.7 Å². The minimum Gasteiger partial charge on any atom is -0.412 e. The molecule has 0 bridgehead atoms. The molecule has 0 aliphatic heterocycles. The molecule has 0 saturated heterocycles. The second kappa shape index (κ2) is 23.5. The van der Waals surface area contributed by atoms with Gasteiger partial charge in [-0.05, 0) is 0 Å². The summed E-state index contributed by atoms with van der Waals surface area (Å²) in [7, 11) is 0. The van der Waals surface area contributed by atoms with Gasteiger partial charge in [-0.2, -0.15) is 0 Å². The summed E-state index contributed by atoms with van der Waals surface area (Å²) in [6.45, 7) is 0. The molecular weight excluding hydrogens is 185 g/mol. The summed E-state index contributed by atoms with van der Waals surface area (Å²) >= 11 is 0. The third kappa shape index (κ3) is 9.54. The molecule has 0 rings (SSSR count). The Balaban J connectivity index is 0. The molecule has 0 saturated carbocycles. The van der Waals surface area contributed by atoms with Gasteiger partial charge in [0, 0.05) is 52.7 Å². The molecule has 0 amide bonds. The second-order valence-corrected chi connectivity index (χ2v) is 0. The Morgan fingerprint density at radius 2 is 1.00 bits per heavy atom. The van der Waals surface area contributed by atoms with E-state index in [1.807, 2.05) is 0 Å². The van der Waals surface area contributed by atoms with E-state index in [-0.39, 0.29) is 58.2 Å². The van der Waals surface area contributed by atoms with Crippen molar-refractivity contribution < 1.29 is 58.2 Å². The van der Waals surface area contributed by atoms with Crippen LogP contribution < -0.4 is 0 Å². The monoisotopic (exact) mass is 187 g/mol. The Kier molecular flexibility index (Phi) is 275. The van der Waals surface area contributed by atoms with Crippen molar-refractivity contribution in [1.29, 1.82) is 0 Å². The fourth-order valence-corrected chi connectivity index (χ4v) is 0. The Labute approximate surface area is 58.0 Å². The normalized spacial score (nSPS) is 0. The van der Waals surface area contributed by atoms with Crippen molar-refractivity contribution in [3.63, 3.8) is 0 Å². The predicted molar refractivity (Wildman–Crippen MR) is 3.61 cm³/mol. The predicted octanol–water partition coefficient (Wildman–Crippen LogP) is -0.832. The van der Waals surface area contributed by atoms with Crippen LogP contribution in [0.5, 0.6) is 0 Å². The van der Waals surface area contributed by atoms with Gasteiger partial charge in [0.1, 0.15) is 0 Å². The van der Waals surface area contributed by atoms with Crippen LogP contribution in [0.3, 0.4) is 0 Å². The molecule has 0 fully saturated rings. The summed E-state index contributed by atoms with van der Waals surface area (Å²) in [5, 5.41) is 0. The van der Waals surface area contributed by atoms with Crippen LogP contribution in [0.1, 0.15) is 0 Å². The van der Waals surface area contributed by atoms with Gasteiger partial charge in [0.25, 0.3) is 0 Å². The Hall–Kier alpha value is 1.58. The summed E-state index contributed by atoms with van der Waals surface area (Å²) in [4.78, 5) is 0. The quantitative estimate of drug-likeness (QED) is 0.443. The van der Waals surface area contributed by atoms with Crippen molar-refractivity contribution in [2.75, 3.05) is 0 Å². The van der Waals surface area contributed by atoms with Gasteiger partial charge < -0.3 is 5.48 Å². The maximum Gasteiger partial charge on any atom is 0 e. The first-order valence-corrected chi connectivity index (χ1v) is 0. The standard InChI is InChI=1S/Cu.Mn.H2O.V/h;;1H2;. The summed E-state index contributed by atoms with van der Waals surface area (Å²) in [6.07, 6.45) is 0. The maximum atomic E-state index is 0. The van der Waals surface area contributed by atoms with E-state index in [4.69, 9.17) is 0 Å². The van der Waals surface area contributed by atoms with Crippen LogP contribution in [0.2, 0.25) is 0 Å². The van der Waals surface area contributed by atoms with E-state index in [2.05, 4.69) is 0 Å². The maximum absolute atomic E-state index is 0. The van der Waals surface area contributed by atoms with Crippen LogP contribution in [0.25, 0.3) is 0 Å². The third-order valence-electron chi connectivity index (χ3n) is 0. The molecule has 2 N–H and O–H groups in total. The van der Waals surface area contributed by atoms with Crippen molar-refractivity contribution in [2.24, 2.45) is 0 Å². The summed E-state index contributed by atoms with van der Waals surface area (Å²) in [5.41, 5.74) is 0. The molecule has 4 heteroatoms. The van der Waals surface area contributed by atoms with Crippen LogP contribution in [0.15, 0.2) is 0 Å². The number of hydrogen-bond acceptors (Lipinski definition) is 0. The third-order valence-corrected chi connectivity index (χ3v) is 0. The van der Waals surface area contributed by atoms with Crippen LogP contribution in [-0.4, -0.2) is 5.48 Å². The van der Waals surface area contributed by atoms with Crippen molar-refractivity contribution in [1.82, 2.24) is 0 Å². The van der Waals surface area contributed by atoms with Crippen molar-refractivity contribution in [2.45, 2.75) is 0 Å². The zero-order valence-corrected chi connectivity index (χ0v) is 5.15. The molecular formula is H2CuMnOV. The molecule has 0 unspecified atom stereocenters. The van der Waals surface area contributed by atoms with Crippen molar-refractivity contribution in [3.8, 4) is 0 Å². The molecule has 0 aromatic heterocycles. The zero-order chi connectivity index (χ0) is 0. The molecule has 0 aliphatic rings. The largest absolute Gasteiger partial charge is 0.412 e. The number of rotatable bonds is 0. The summed E-state index contributed by atoms with van der Waals surface area (Å²) in [5.74, 6) is 0. The molecule has 0 aromatic rings. The molecule has 0 heterocycles. The Bertz CT molecular complexity index is 8.00. The van der Waals surface area contributed by atoms with E-state index < -0.39 is 0 Å². The Morgan fingerprint density at radius 3 is 1.00 bits per heavy atom. The Morgan fingerprint density at radius 1 is 1.00 bits per heavy atom. The SMILES string of the molecule is O.[Cu].[Mn].[V]. The molecule has 4 heavy (non-hydrogen) atoms. The smallest absolute Gasteiger partial charge is 0 e. The fourth-order valence-electron chi connectivity index (χ4n) is 0. The van der Waals surface area contributed by atoms with Gasteiger partial charge in [-0.25, -0.2) is 0 Å². The van der Waals surface area contributed by atoms with Crippen molar-refractivity contribution >= 4 is 0 Å². The molecule has 3 radical (unpaired) electrons. The first-order chi connectivity index (χ1) is 0. The van der Waals surface area contributed by atoms with E-state index in [0.29, 0.717) is 0 Å². The zero-order valence-electron chi connectivity index (χ0n) is 1.63. The summed E-state index contributed by atoms with van der Waals surface area (Å²) in [6, 6.07) is 0. The van der Waals surface area contributed by atoms with Gasteiger partial charge >= 0.3 is 0 Å². The van der Waals surface area contributed by atoms with Crippen molar-refractivity contribution in [3.05, 3.63) is 0 Å². The minimum atomic E-state index is 0. The molecule has 0 atom stereocenters. The van der Waals surface area contributed by atoms with Gasteiger partial charge in [-0.15, -0.1) is 0 Å². The average Bonchev–Trinajstić information content (AvgIpc) is 0. The van der Waals surface area contributed by atoms with Gasteiger partial charge in [-0.1, -0.05) is 0 Å². The molecule has 0 spiro atoms. The summed E-state index contributed by atoms with van der Waals surface area (Å²) < 4.78 is 0. The van der Waals surface area contributed by atoms with Gasteiger partial charge in [0.05, 0.1) is 0 Å². The van der Waals surface area contributed by atoms with Crippen LogP contribution in [0.4, 0.5) is 0 Å². The number of hydrogen-bond donors (Lipinski definition) is 0. The van der Waals surface area contributed by atoms with E-state index in [9.17, 15) is 0 Å². The minimum absolute atomic E-state index is 0. The van der Waals surface area contributed by atoms with Crippen LogP contribution >= 0.6 is 0 Å². The molecule has 0 aromatic carbocycles. The van der Waals surface area contributed by atoms with Crippen LogP contribution in [0, 0.1) is 0 Å². The first-order valence-electron chi connectivity index (χ1n) is 0. The van der Waals surface area contributed by atoms with E-state index in [1.54, 1.807) is 0 Å². The van der Waals surface area contributed by atoms with E-state index in [0.717, 1.165) is 0 Å². The first kappa shape index (κ1) is 46.8. The van der Waals surface area contributed by atoms with Gasteiger partial charge in [0.2, 0.25) is 0 Å². The van der Waals surface area contributed by atoms with Gasteiger partial charge in [0.15, 0.2) is 0 Å². The molecule has 1 nitrogen and oxygen atoms in total. The van der Waals surface area contributed by atoms with Gasteiger partial charge in [-0.3, -0.25) is 0 Å². The molecule has 31 valence electrons.